The Morgan fingerprint density at radius 2 is 1.27 bits per heavy atom. The predicted octanol–water partition coefficient (Wildman–Crippen LogP) is 5.61. The molecule has 154 valence electrons. The van der Waals surface area contributed by atoms with Gasteiger partial charge in [0, 0.05) is 27.7 Å². The van der Waals surface area contributed by atoms with E-state index in [1.165, 1.54) is 23.5 Å². The van der Waals surface area contributed by atoms with Gasteiger partial charge in [-0.2, -0.15) is 0 Å². The minimum Gasteiger partial charge on any atom is -0.308 e. The molecule has 0 aromatic heterocycles. The fourth-order valence-electron chi connectivity index (χ4n) is 1.47. The van der Waals surface area contributed by atoms with Gasteiger partial charge in [0.15, 0.2) is 10.2 Å². The average Bonchev–Trinajstić information content (AvgIpc) is 2.51. The molecule has 0 aliphatic heterocycles. The number of carbonyl (C=O) groups is 2. The van der Waals surface area contributed by atoms with Crippen LogP contribution >= 0.6 is 47.0 Å². The Bertz CT molecular complexity index is 462. The summed E-state index contributed by atoms with van der Waals surface area (Å²) in [6.07, 6.45) is 0.980. The zero-order valence-electron chi connectivity index (χ0n) is 16.6. The van der Waals surface area contributed by atoms with Crippen molar-refractivity contribution in [2.45, 2.75) is 48.0 Å². The molecule has 9 heteroatoms. The topological polar surface area (TPSA) is 69.7 Å². The molecule has 26 heavy (non-hydrogen) atoms. The molecule has 0 aromatic rings. The fraction of sp³-hybridized carbons (Fsp3) is 0.882. The first-order valence-electron chi connectivity index (χ1n) is 8.60. The van der Waals surface area contributed by atoms with E-state index >= 15 is 0 Å². The number of carbonyl (C=O) groups excluding carboxylic acids is 2. The van der Waals surface area contributed by atoms with Gasteiger partial charge in [0.05, 0.1) is 19.4 Å². The van der Waals surface area contributed by atoms with Gasteiger partial charge in [-0.15, -0.1) is 0 Å². The first-order valence-corrected chi connectivity index (χ1v) is 13.4. The number of alkyl halides is 1. The SMILES string of the molecule is CC(C)(C)C(=O)SCCOP(=O)(CCCBr)OCCSC(=O)C(C)(C)C. The summed E-state index contributed by atoms with van der Waals surface area (Å²) in [5.41, 5.74) is -0.810. The Morgan fingerprint density at radius 3 is 1.58 bits per heavy atom. The van der Waals surface area contributed by atoms with Crippen LogP contribution in [0.3, 0.4) is 0 Å². The van der Waals surface area contributed by atoms with Gasteiger partial charge in [-0.05, 0) is 6.42 Å². The summed E-state index contributed by atoms with van der Waals surface area (Å²) < 4.78 is 23.8. The second kappa shape index (κ2) is 12.3. The van der Waals surface area contributed by atoms with E-state index < -0.39 is 18.4 Å². The zero-order valence-corrected chi connectivity index (χ0v) is 20.7. The molecule has 0 radical (unpaired) electrons. The maximum absolute atomic E-state index is 12.8. The summed E-state index contributed by atoms with van der Waals surface area (Å²) in [5, 5.41) is 0.863. The van der Waals surface area contributed by atoms with Crippen molar-refractivity contribution >= 4 is 57.3 Å². The van der Waals surface area contributed by atoms with Gasteiger partial charge < -0.3 is 9.05 Å². The summed E-state index contributed by atoms with van der Waals surface area (Å²) in [5.74, 6) is 0.879. The molecule has 0 rings (SSSR count). The highest BCUT2D eigenvalue weighted by Crippen LogP contribution is 2.49. The minimum absolute atomic E-state index is 0.0781. The molecular weight excluding hydrogens is 459 g/mol. The Hall–Kier alpha value is 0.670. The Kier molecular flexibility index (Phi) is 12.6. The third-order valence-corrected chi connectivity index (χ3v) is 8.07. The van der Waals surface area contributed by atoms with Gasteiger partial charge >= 0.3 is 7.60 Å². The largest absolute Gasteiger partial charge is 0.330 e. The first-order chi connectivity index (χ1) is 11.8. The van der Waals surface area contributed by atoms with E-state index in [9.17, 15) is 14.2 Å². The summed E-state index contributed by atoms with van der Waals surface area (Å²) >= 11 is 5.69. The van der Waals surface area contributed by atoms with Crippen LogP contribution in [0.4, 0.5) is 0 Å². The standard InChI is InChI=1S/C17H32BrO5PS2/c1-16(2,3)14(19)25-12-9-22-24(21,11-7-8-18)23-10-13-26-15(20)17(4,5)6/h7-13H2,1-6H3. The molecular formula is C17H32BrO5PS2. The molecule has 5 nitrogen and oxygen atoms in total. The van der Waals surface area contributed by atoms with Crippen LogP contribution in [0.2, 0.25) is 0 Å². The van der Waals surface area contributed by atoms with Gasteiger partial charge in [-0.1, -0.05) is 81.0 Å². The maximum Gasteiger partial charge on any atom is 0.330 e. The summed E-state index contributed by atoms with van der Waals surface area (Å²) in [6, 6.07) is 0. The Balaban J connectivity index is 4.36. The molecule has 0 unspecified atom stereocenters. The lowest BCUT2D eigenvalue weighted by Gasteiger charge is -2.20. The van der Waals surface area contributed by atoms with Crippen LogP contribution in [0.5, 0.6) is 0 Å². The number of hydrogen-bond donors (Lipinski definition) is 0. The monoisotopic (exact) mass is 490 g/mol. The summed E-state index contributed by atoms with van der Waals surface area (Å²) in [6.45, 7) is 11.6. The van der Waals surface area contributed by atoms with E-state index in [-0.39, 0.29) is 23.4 Å². The molecule has 0 fully saturated rings. The maximum atomic E-state index is 12.8. The first kappa shape index (κ1) is 26.7. The van der Waals surface area contributed by atoms with Crippen molar-refractivity contribution < 1.29 is 23.2 Å². The van der Waals surface area contributed by atoms with Crippen molar-refractivity contribution in [1.82, 2.24) is 0 Å². The van der Waals surface area contributed by atoms with Crippen molar-refractivity contribution in [3.05, 3.63) is 0 Å². The van der Waals surface area contributed by atoms with E-state index in [1.54, 1.807) is 0 Å². The molecule has 0 aliphatic carbocycles. The average molecular weight is 491 g/mol. The van der Waals surface area contributed by atoms with Gasteiger partial charge in [0.1, 0.15) is 0 Å². The zero-order chi connectivity index (χ0) is 20.4. The summed E-state index contributed by atoms with van der Waals surface area (Å²) in [4.78, 5) is 23.8. The molecule has 0 saturated carbocycles. The molecule has 0 bridgehead atoms. The van der Waals surface area contributed by atoms with Crippen LogP contribution in [-0.4, -0.2) is 46.4 Å². The van der Waals surface area contributed by atoms with E-state index in [0.717, 1.165) is 0 Å². The molecule has 0 heterocycles. The van der Waals surface area contributed by atoms with Crippen molar-refractivity contribution in [3.8, 4) is 0 Å². The van der Waals surface area contributed by atoms with Gasteiger partial charge in [0.2, 0.25) is 0 Å². The van der Waals surface area contributed by atoms with Crippen molar-refractivity contribution in [2.24, 2.45) is 10.8 Å². The lowest BCUT2D eigenvalue weighted by molar-refractivity contribution is -0.118. The van der Waals surface area contributed by atoms with Crippen LogP contribution in [-0.2, 0) is 23.2 Å². The highest BCUT2D eigenvalue weighted by molar-refractivity contribution is 9.09. The molecule has 0 N–H and O–H groups in total. The highest BCUT2D eigenvalue weighted by Gasteiger charge is 2.26. The van der Waals surface area contributed by atoms with E-state index in [2.05, 4.69) is 15.9 Å². The van der Waals surface area contributed by atoms with Crippen LogP contribution in [0.25, 0.3) is 0 Å². The normalized spacial score (nSPS) is 13.0. The third-order valence-electron chi connectivity index (χ3n) is 3.00. The molecule has 0 saturated heterocycles. The third kappa shape index (κ3) is 12.2. The molecule has 0 aliphatic rings. The quantitative estimate of drug-likeness (QED) is 0.211. The van der Waals surface area contributed by atoms with E-state index in [1.807, 2.05) is 41.5 Å². The molecule has 0 amide bonds. The lowest BCUT2D eigenvalue weighted by atomic mass is 9.99. The second-order valence-electron chi connectivity index (χ2n) is 7.82. The van der Waals surface area contributed by atoms with Gasteiger partial charge in [0.25, 0.3) is 0 Å². The summed E-state index contributed by atoms with van der Waals surface area (Å²) in [7, 11) is -3.22. The number of halogens is 1. The van der Waals surface area contributed by atoms with Gasteiger partial charge in [-0.3, -0.25) is 14.2 Å². The fourth-order valence-corrected chi connectivity index (χ4v) is 5.62. The van der Waals surface area contributed by atoms with E-state index in [4.69, 9.17) is 9.05 Å². The number of hydrogen-bond acceptors (Lipinski definition) is 7. The predicted molar refractivity (Wildman–Crippen MR) is 117 cm³/mol. The highest BCUT2D eigenvalue weighted by atomic mass is 79.9. The van der Waals surface area contributed by atoms with Crippen LogP contribution in [0.15, 0.2) is 0 Å². The number of thioether (sulfide) groups is 2. The number of rotatable bonds is 11. The van der Waals surface area contributed by atoms with Gasteiger partial charge in [-0.25, -0.2) is 0 Å². The molecule has 0 atom stereocenters. The van der Waals surface area contributed by atoms with Crippen molar-refractivity contribution in [1.29, 1.82) is 0 Å². The van der Waals surface area contributed by atoms with Crippen LogP contribution < -0.4 is 0 Å². The van der Waals surface area contributed by atoms with Crippen molar-refractivity contribution in [3.63, 3.8) is 0 Å². The minimum atomic E-state index is -3.22. The molecule has 0 spiro atoms. The smallest absolute Gasteiger partial charge is 0.308 e. The lowest BCUT2D eigenvalue weighted by Crippen LogP contribution is -2.18. The Morgan fingerprint density at radius 1 is 0.885 bits per heavy atom. The van der Waals surface area contributed by atoms with Crippen molar-refractivity contribution in [2.75, 3.05) is 36.2 Å². The second-order valence-corrected chi connectivity index (χ2v) is 12.9. The van der Waals surface area contributed by atoms with Crippen LogP contribution in [0, 0.1) is 10.8 Å². The van der Waals surface area contributed by atoms with E-state index in [0.29, 0.717) is 29.4 Å². The van der Waals surface area contributed by atoms with Crippen LogP contribution in [0.1, 0.15) is 48.0 Å². The molecule has 0 aromatic carbocycles. The Labute approximate surface area is 175 Å².